The molecule has 0 bridgehead atoms. The number of carbonyl (C=O) groups excluding carboxylic acids is 2. The number of aryl methyl sites for hydroxylation is 1. The summed E-state index contributed by atoms with van der Waals surface area (Å²) >= 11 is 1.63. The van der Waals surface area contributed by atoms with Gasteiger partial charge in [0.2, 0.25) is 11.7 Å². The maximum atomic E-state index is 12.4. The van der Waals surface area contributed by atoms with E-state index in [0.29, 0.717) is 26.1 Å². The Morgan fingerprint density at radius 1 is 1.42 bits per heavy atom. The van der Waals surface area contributed by atoms with Crippen molar-refractivity contribution in [2.24, 2.45) is 13.0 Å². The Labute approximate surface area is 155 Å². The largest absolute Gasteiger partial charge is 0.372 e. The van der Waals surface area contributed by atoms with Gasteiger partial charge in [0.05, 0.1) is 25.2 Å². The van der Waals surface area contributed by atoms with Crippen molar-refractivity contribution in [3.63, 3.8) is 0 Å². The number of nitrogens with one attached hydrogen (secondary N) is 1. The lowest BCUT2D eigenvalue weighted by Crippen LogP contribution is -2.33. The van der Waals surface area contributed by atoms with Gasteiger partial charge in [-0.15, -0.1) is 16.4 Å². The fraction of sp³-hybridized carbons (Fsp3) is 0.529. The Morgan fingerprint density at radius 3 is 3.00 bits per heavy atom. The molecule has 2 fully saturated rings. The summed E-state index contributed by atoms with van der Waals surface area (Å²) in [4.78, 5) is 31.4. The average molecular weight is 375 g/mol. The summed E-state index contributed by atoms with van der Waals surface area (Å²) in [5.41, 5.74) is 0. The van der Waals surface area contributed by atoms with E-state index in [-0.39, 0.29) is 35.8 Å². The molecule has 0 aromatic carbocycles. The van der Waals surface area contributed by atoms with Crippen molar-refractivity contribution in [1.82, 2.24) is 25.0 Å². The first kappa shape index (κ1) is 17.2. The van der Waals surface area contributed by atoms with Gasteiger partial charge < -0.3 is 15.0 Å². The summed E-state index contributed by atoms with van der Waals surface area (Å²) in [6, 6.07) is 3.98. The molecule has 2 aliphatic heterocycles. The number of rotatable bonds is 5. The van der Waals surface area contributed by atoms with Crippen molar-refractivity contribution in [3.8, 4) is 0 Å². The number of hydrogen-bond acceptors (Lipinski definition) is 6. The molecule has 4 heterocycles. The number of carbonyl (C=O) groups is 2. The third-order valence-corrected chi connectivity index (χ3v) is 5.72. The quantitative estimate of drug-likeness (QED) is 0.835. The summed E-state index contributed by atoms with van der Waals surface area (Å²) < 4.78 is 7.54. The second-order valence-corrected chi connectivity index (χ2v) is 7.84. The number of hydrogen-bond donors (Lipinski definition) is 1. The maximum Gasteiger partial charge on any atom is 0.293 e. The van der Waals surface area contributed by atoms with Gasteiger partial charge in [-0.3, -0.25) is 14.3 Å². The van der Waals surface area contributed by atoms with Crippen molar-refractivity contribution >= 4 is 23.2 Å². The van der Waals surface area contributed by atoms with E-state index >= 15 is 0 Å². The van der Waals surface area contributed by atoms with Crippen LogP contribution in [0.15, 0.2) is 23.8 Å². The molecular formula is C17H21N5O3S. The molecule has 1 N–H and O–H groups in total. The van der Waals surface area contributed by atoms with Crippen LogP contribution in [0.25, 0.3) is 0 Å². The van der Waals surface area contributed by atoms with E-state index in [1.807, 2.05) is 17.5 Å². The van der Waals surface area contributed by atoms with Crippen LogP contribution in [0.2, 0.25) is 0 Å². The number of aromatic nitrogens is 3. The van der Waals surface area contributed by atoms with Gasteiger partial charge >= 0.3 is 0 Å². The molecule has 4 rings (SSSR count). The van der Waals surface area contributed by atoms with E-state index in [1.54, 1.807) is 23.3 Å². The van der Waals surface area contributed by atoms with E-state index in [4.69, 9.17) is 4.74 Å². The fourth-order valence-corrected chi connectivity index (χ4v) is 4.26. The monoisotopic (exact) mass is 375 g/mol. The summed E-state index contributed by atoms with van der Waals surface area (Å²) in [5, 5.41) is 9.00. The van der Waals surface area contributed by atoms with E-state index < -0.39 is 0 Å². The van der Waals surface area contributed by atoms with Crippen molar-refractivity contribution in [1.29, 1.82) is 0 Å². The summed E-state index contributed by atoms with van der Waals surface area (Å²) in [5.74, 6) is 0.345. The van der Waals surface area contributed by atoms with Crippen molar-refractivity contribution in [2.75, 3.05) is 13.1 Å². The minimum absolute atomic E-state index is 0.00208. The van der Waals surface area contributed by atoms with E-state index in [9.17, 15) is 9.59 Å². The first-order chi connectivity index (χ1) is 12.6. The fourth-order valence-electron chi connectivity index (χ4n) is 3.62. The summed E-state index contributed by atoms with van der Waals surface area (Å²) in [7, 11) is 1.74. The van der Waals surface area contributed by atoms with Crippen LogP contribution in [0, 0.1) is 5.92 Å². The topological polar surface area (TPSA) is 89.4 Å². The standard InChI is InChI=1S/C17H21N5O3S/c1-21-10-19-16(20-21)17(24)22-8-11-5-12(25-14(11)9-22)6-15(23)18-7-13-3-2-4-26-13/h2-4,10-12,14H,5-9H2,1H3,(H,18,23)/t11-,12-,14+/m0/s1. The van der Waals surface area contributed by atoms with Crippen LogP contribution in [0.4, 0.5) is 0 Å². The molecule has 2 aromatic heterocycles. The van der Waals surface area contributed by atoms with Gasteiger partial charge in [0.1, 0.15) is 6.33 Å². The number of ether oxygens (including phenoxy) is 1. The molecule has 0 unspecified atom stereocenters. The van der Waals surface area contributed by atoms with Gasteiger partial charge in [-0.25, -0.2) is 4.98 Å². The Bertz CT molecular complexity index is 776. The van der Waals surface area contributed by atoms with Gasteiger partial charge in [-0.1, -0.05) is 6.07 Å². The number of likely N-dealkylation sites (tertiary alicyclic amines) is 1. The molecule has 2 aromatic rings. The van der Waals surface area contributed by atoms with Crippen LogP contribution in [0.1, 0.15) is 28.3 Å². The van der Waals surface area contributed by atoms with Gasteiger partial charge in [0, 0.05) is 30.9 Å². The minimum Gasteiger partial charge on any atom is -0.372 e. The van der Waals surface area contributed by atoms with Crippen molar-refractivity contribution in [2.45, 2.75) is 31.6 Å². The minimum atomic E-state index is -0.158. The second kappa shape index (κ2) is 7.16. The third kappa shape index (κ3) is 3.63. The normalized spacial score (nSPS) is 24.7. The number of nitrogens with zero attached hydrogens (tertiary/aromatic N) is 4. The first-order valence-corrected chi connectivity index (χ1v) is 9.56. The van der Waals surface area contributed by atoms with Gasteiger partial charge in [-0.2, -0.15) is 0 Å². The molecule has 0 aliphatic carbocycles. The van der Waals surface area contributed by atoms with E-state index in [2.05, 4.69) is 15.4 Å². The number of amides is 2. The Balaban J connectivity index is 1.24. The zero-order chi connectivity index (χ0) is 18.1. The van der Waals surface area contributed by atoms with Gasteiger partial charge in [0.15, 0.2) is 0 Å². The molecule has 2 saturated heterocycles. The average Bonchev–Trinajstić information content (AvgIpc) is 3.36. The molecule has 0 spiro atoms. The smallest absolute Gasteiger partial charge is 0.293 e. The van der Waals surface area contributed by atoms with Crippen LogP contribution in [-0.4, -0.2) is 56.8 Å². The third-order valence-electron chi connectivity index (χ3n) is 4.84. The van der Waals surface area contributed by atoms with Crippen LogP contribution < -0.4 is 5.32 Å². The zero-order valence-electron chi connectivity index (χ0n) is 14.5. The highest BCUT2D eigenvalue weighted by molar-refractivity contribution is 7.09. The maximum absolute atomic E-state index is 12.4. The molecule has 8 nitrogen and oxygen atoms in total. The lowest BCUT2D eigenvalue weighted by molar-refractivity contribution is -0.123. The zero-order valence-corrected chi connectivity index (χ0v) is 15.3. The van der Waals surface area contributed by atoms with Crippen LogP contribution in [0.5, 0.6) is 0 Å². The molecule has 0 radical (unpaired) electrons. The highest BCUT2D eigenvalue weighted by Crippen LogP contribution is 2.34. The van der Waals surface area contributed by atoms with Crippen molar-refractivity contribution < 1.29 is 14.3 Å². The van der Waals surface area contributed by atoms with Gasteiger partial charge in [-0.05, 0) is 17.9 Å². The predicted octanol–water partition coefficient (Wildman–Crippen LogP) is 0.813. The molecule has 26 heavy (non-hydrogen) atoms. The predicted molar refractivity (Wildman–Crippen MR) is 94.5 cm³/mol. The molecule has 9 heteroatoms. The summed E-state index contributed by atoms with van der Waals surface area (Å²) in [6.45, 7) is 1.74. The first-order valence-electron chi connectivity index (χ1n) is 8.68. The van der Waals surface area contributed by atoms with Gasteiger partial charge in [0.25, 0.3) is 5.91 Å². The van der Waals surface area contributed by atoms with Crippen molar-refractivity contribution in [3.05, 3.63) is 34.5 Å². The molecule has 2 amide bonds. The second-order valence-electron chi connectivity index (χ2n) is 6.80. The molecule has 2 aliphatic rings. The lowest BCUT2D eigenvalue weighted by Gasteiger charge is -2.18. The van der Waals surface area contributed by atoms with E-state index in [0.717, 1.165) is 11.3 Å². The highest BCUT2D eigenvalue weighted by atomic mass is 32.1. The molecule has 138 valence electrons. The van der Waals surface area contributed by atoms with Crippen LogP contribution in [-0.2, 0) is 23.1 Å². The summed E-state index contributed by atoms with van der Waals surface area (Å²) in [6.07, 6.45) is 2.62. The van der Waals surface area contributed by atoms with Crippen LogP contribution >= 0.6 is 11.3 Å². The Hall–Kier alpha value is -2.26. The molecular weight excluding hydrogens is 354 g/mol. The molecule has 3 atom stereocenters. The molecule has 0 saturated carbocycles. The Kier molecular flexibility index (Phi) is 4.73. The SMILES string of the molecule is Cn1cnc(C(=O)N2C[C@@H]3C[C@@H](CC(=O)NCc4cccs4)O[C@@H]3C2)n1. The number of fused-ring (bicyclic) bond motifs is 1. The lowest BCUT2D eigenvalue weighted by atomic mass is 10.0. The Morgan fingerprint density at radius 2 is 2.31 bits per heavy atom. The highest BCUT2D eigenvalue weighted by Gasteiger charge is 2.44. The van der Waals surface area contributed by atoms with E-state index in [1.165, 1.54) is 11.0 Å². The number of thiophene rings is 1. The van der Waals surface area contributed by atoms with Crippen LogP contribution in [0.3, 0.4) is 0 Å².